The van der Waals surface area contributed by atoms with E-state index in [2.05, 4.69) is 4.98 Å². The van der Waals surface area contributed by atoms with Crippen LogP contribution in [0.25, 0.3) is 0 Å². The third-order valence-electron chi connectivity index (χ3n) is 4.89. The number of hydrogen-bond acceptors (Lipinski definition) is 4. The van der Waals surface area contributed by atoms with Gasteiger partial charge in [-0.3, -0.25) is 9.59 Å². The molecule has 6 nitrogen and oxygen atoms in total. The Bertz CT molecular complexity index is 643. The summed E-state index contributed by atoms with van der Waals surface area (Å²) in [5.41, 5.74) is 6.35. The minimum atomic E-state index is -0.558. The zero-order valence-corrected chi connectivity index (χ0v) is 15.7. The van der Waals surface area contributed by atoms with Gasteiger partial charge in [-0.25, -0.2) is 4.98 Å². The topological polar surface area (TPSA) is 85.5 Å². The van der Waals surface area contributed by atoms with Gasteiger partial charge in [0.2, 0.25) is 11.8 Å². The van der Waals surface area contributed by atoms with Gasteiger partial charge in [-0.2, -0.15) is 0 Å². The van der Waals surface area contributed by atoms with Gasteiger partial charge >= 0.3 is 0 Å². The van der Waals surface area contributed by atoms with E-state index < -0.39 is 5.41 Å². The lowest BCUT2D eigenvalue weighted by Gasteiger charge is -2.36. The second-order valence-electron chi connectivity index (χ2n) is 7.45. The number of carbonyl (C=O) groups excluding carboxylic acids is 2. The second-order valence-corrected chi connectivity index (χ2v) is 7.45. The fourth-order valence-electron chi connectivity index (χ4n) is 3.44. The predicted octanol–water partition coefficient (Wildman–Crippen LogP) is 2.54. The Labute approximate surface area is 149 Å². The number of aromatic nitrogens is 1. The molecule has 2 heterocycles. The number of ether oxygens (including phenoxy) is 1. The number of rotatable bonds is 6. The zero-order valence-electron chi connectivity index (χ0n) is 15.7. The number of likely N-dealkylation sites (tertiary alicyclic amines) is 1. The van der Waals surface area contributed by atoms with Gasteiger partial charge in [0.25, 0.3) is 5.91 Å². The van der Waals surface area contributed by atoms with Gasteiger partial charge in [0, 0.05) is 24.7 Å². The molecule has 1 fully saturated rings. The van der Waals surface area contributed by atoms with Crippen molar-refractivity contribution in [3.05, 3.63) is 23.4 Å². The Hall–Kier alpha value is -2.11. The Balaban J connectivity index is 2.16. The molecule has 0 aromatic carbocycles. The molecular weight excluding hydrogens is 318 g/mol. The molecule has 0 spiro atoms. The van der Waals surface area contributed by atoms with E-state index in [-0.39, 0.29) is 17.7 Å². The molecule has 1 aromatic heterocycles. The van der Waals surface area contributed by atoms with E-state index in [1.807, 2.05) is 38.7 Å². The van der Waals surface area contributed by atoms with Crippen LogP contribution in [0.15, 0.2) is 12.3 Å². The van der Waals surface area contributed by atoms with Crippen molar-refractivity contribution in [2.24, 2.45) is 17.1 Å². The fraction of sp³-hybridized carbons (Fsp3) is 0.632. The van der Waals surface area contributed by atoms with Crippen LogP contribution < -0.4 is 10.5 Å². The number of nitrogens with two attached hydrogens (primary N) is 1. The number of amides is 2. The first-order valence-electron chi connectivity index (χ1n) is 8.94. The van der Waals surface area contributed by atoms with Crippen molar-refractivity contribution >= 4 is 11.8 Å². The molecule has 1 atom stereocenters. The Morgan fingerprint density at radius 2 is 2.16 bits per heavy atom. The van der Waals surface area contributed by atoms with Gasteiger partial charge in [-0.15, -0.1) is 0 Å². The van der Waals surface area contributed by atoms with E-state index in [9.17, 15) is 9.59 Å². The van der Waals surface area contributed by atoms with Crippen LogP contribution in [0, 0.1) is 18.3 Å². The standard InChI is InChI=1S/C19H29N3O3/c1-5-25-16-15(13(2)8-9-21-16)17(23)22-10-6-7-14(12-22)11-19(3,4)18(20)24/h8-9,14H,5-7,10-12H2,1-4H3,(H2,20,24). The molecule has 25 heavy (non-hydrogen) atoms. The van der Waals surface area contributed by atoms with Crippen LogP contribution in [-0.4, -0.2) is 41.4 Å². The SMILES string of the molecule is CCOc1nccc(C)c1C(=O)N1CCCC(CC(C)(C)C(N)=O)C1. The molecule has 0 bridgehead atoms. The summed E-state index contributed by atoms with van der Waals surface area (Å²) in [4.78, 5) is 30.8. The highest BCUT2D eigenvalue weighted by molar-refractivity contribution is 5.97. The van der Waals surface area contributed by atoms with Crippen LogP contribution in [0.2, 0.25) is 0 Å². The lowest BCUT2D eigenvalue weighted by Crippen LogP contribution is -2.43. The van der Waals surface area contributed by atoms with Crippen LogP contribution >= 0.6 is 0 Å². The Morgan fingerprint density at radius 3 is 2.80 bits per heavy atom. The predicted molar refractivity (Wildman–Crippen MR) is 96.4 cm³/mol. The number of piperidine rings is 1. The molecule has 1 aromatic rings. The molecular formula is C19H29N3O3. The van der Waals surface area contributed by atoms with E-state index in [0.717, 1.165) is 18.4 Å². The normalized spacial score (nSPS) is 18.1. The molecule has 138 valence electrons. The Morgan fingerprint density at radius 1 is 1.44 bits per heavy atom. The van der Waals surface area contributed by atoms with E-state index in [0.29, 0.717) is 37.6 Å². The summed E-state index contributed by atoms with van der Waals surface area (Å²) in [6.45, 7) is 9.33. The average molecular weight is 347 g/mol. The highest BCUT2D eigenvalue weighted by Crippen LogP contribution is 2.32. The molecule has 6 heteroatoms. The van der Waals surface area contributed by atoms with Crippen molar-refractivity contribution in [1.29, 1.82) is 0 Å². The zero-order chi connectivity index (χ0) is 18.6. The van der Waals surface area contributed by atoms with Crippen molar-refractivity contribution in [3.63, 3.8) is 0 Å². The largest absolute Gasteiger partial charge is 0.477 e. The lowest BCUT2D eigenvalue weighted by atomic mass is 9.79. The molecule has 1 aliphatic heterocycles. The van der Waals surface area contributed by atoms with Gasteiger partial charge in [-0.05, 0) is 50.7 Å². The van der Waals surface area contributed by atoms with Crippen LogP contribution in [0.1, 0.15) is 56.0 Å². The molecule has 1 saturated heterocycles. The smallest absolute Gasteiger partial charge is 0.259 e. The molecule has 0 saturated carbocycles. The number of pyridine rings is 1. The minimum Gasteiger partial charge on any atom is -0.477 e. The minimum absolute atomic E-state index is 0.0457. The first kappa shape index (κ1) is 19.2. The molecule has 2 amide bonds. The number of nitrogens with zero attached hydrogens (tertiary/aromatic N) is 2. The summed E-state index contributed by atoms with van der Waals surface area (Å²) >= 11 is 0. The quantitative estimate of drug-likeness (QED) is 0.857. The van der Waals surface area contributed by atoms with Gasteiger partial charge in [-0.1, -0.05) is 13.8 Å². The number of primary amides is 1. The summed E-state index contributed by atoms with van der Waals surface area (Å²) in [7, 11) is 0. The second kappa shape index (κ2) is 7.85. The summed E-state index contributed by atoms with van der Waals surface area (Å²) in [5, 5.41) is 0. The molecule has 2 N–H and O–H groups in total. The maximum Gasteiger partial charge on any atom is 0.259 e. The number of aryl methyl sites for hydroxylation is 1. The first-order chi connectivity index (χ1) is 11.8. The monoisotopic (exact) mass is 347 g/mol. The van der Waals surface area contributed by atoms with E-state index >= 15 is 0 Å². The van der Waals surface area contributed by atoms with Crippen molar-refractivity contribution < 1.29 is 14.3 Å². The first-order valence-corrected chi connectivity index (χ1v) is 8.94. The highest BCUT2D eigenvalue weighted by atomic mass is 16.5. The summed E-state index contributed by atoms with van der Waals surface area (Å²) in [6, 6.07) is 1.83. The molecule has 1 unspecified atom stereocenters. The number of carbonyl (C=O) groups is 2. The van der Waals surface area contributed by atoms with E-state index in [1.54, 1.807) is 6.20 Å². The Kier molecular flexibility index (Phi) is 6.03. The van der Waals surface area contributed by atoms with Gasteiger partial charge in [0.15, 0.2) is 0 Å². The third kappa shape index (κ3) is 4.50. The summed E-state index contributed by atoms with van der Waals surface area (Å²) < 4.78 is 5.55. The lowest BCUT2D eigenvalue weighted by molar-refractivity contribution is -0.127. The highest BCUT2D eigenvalue weighted by Gasteiger charge is 2.33. The van der Waals surface area contributed by atoms with Crippen LogP contribution in [0.3, 0.4) is 0 Å². The molecule has 2 rings (SSSR count). The van der Waals surface area contributed by atoms with E-state index in [1.165, 1.54) is 0 Å². The van der Waals surface area contributed by atoms with Crippen molar-refractivity contribution in [1.82, 2.24) is 9.88 Å². The third-order valence-corrected chi connectivity index (χ3v) is 4.89. The number of hydrogen-bond donors (Lipinski definition) is 1. The maximum absolute atomic E-state index is 13.1. The van der Waals surface area contributed by atoms with Crippen LogP contribution in [0.5, 0.6) is 5.88 Å². The molecule has 0 radical (unpaired) electrons. The molecule has 1 aliphatic rings. The fourth-order valence-corrected chi connectivity index (χ4v) is 3.44. The van der Waals surface area contributed by atoms with Gasteiger partial charge in [0.05, 0.1) is 6.61 Å². The summed E-state index contributed by atoms with van der Waals surface area (Å²) in [5.74, 6) is 0.327. The van der Waals surface area contributed by atoms with Crippen molar-refractivity contribution in [2.75, 3.05) is 19.7 Å². The summed E-state index contributed by atoms with van der Waals surface area (Å²) in [6.07, 6.45) is 4.28. The van der Waals surface area contributed by atoms with Crippen molar-refractivity contribution in [2.45, 2.75) is 47.0 Å². The average Bonchev–Trinajstić information content (AvgIpc) is 2.54. The van der Waals surface area contributed by atoms with Crippen LogP contribution in [0.4, 0.5) is 0 Å². The van der Waals surface area contributed by atoms with Gasteiger partial charge < -0.3 is 15.4 Å². The van der Waals surface area contributed by atoms with Crippen molar-refractivity contribution in [3.8, 4) is 5.88 Å². The molecule has 0 aliphatic carbocycles. The van der Waals surface area contributed by atoms with E-state index in [4.69, 9.17) is 10.5 Å². The van der Waals surface area contributed by atoms with Gasteiger partial charge in [0.1, 0.15) is 5.56 Å². The van der Waals surface area contributed by atoms with Crippen LogP contribution in [-0.2, 0) is 4.79 Å². The maximum atomic E-state index is 13.1.